The summed E-state index contributed by atoms with van der Waals surface area (Å²) < 4.78 is 0. The number of pyridine rings is 1. The molecule has 0 saturated carbocycles. The highest BCUT2D eigenvalue weighted by Gasteiger charge is 2.28. The highest BCUT2D eigenvalue weighted by molar-refractivity contribution is 8.00. The Hall–Kier alpha value is -3.07. The van der Waals surface area contributed by atoms with Crippen LogP contribution < -0.4 is 16.4 Å². The first kappa shape index (κ1) is 21.6. The molecule has 0 radical (unpaired) electrons. The number of benzene rings is 1. The molecule has 1 saturated heterocycles. The van der Waals surface area contributed by atoms with Crippen molar-refractivity contribution < 1.29 is 4.79 Å². The maximum absolute atomic E-state index is 12.2. The number of nitrogens with zero attached hydrogens (tertiary/aromatic N) is 4. The summed E-state index contributed by atoms with van der Waals surface area (Å²) in [7, 11) is 0. The third-order valence-corrected chi connectivity index (χ3v) is 6.49. The van der Waals surface area contributed by atoms with Crippen molar-refractivity contribution in [1.82, 2.24) is 4.98 Å². The second-order valence-electron chi connectivity index (χ2n) is 7.16. The first-order valence-corrected chi connectivity index (χ1v) is 10.7. The van der Waals surface area contributed by atoms with Gasteiger partial charge in [-0.15, -0.1) is 0 Å². The number of piperidine rings is 1. The van der Waals surface area contributed by atoms with Crippen LogP contribution in [-0.4, -0.2) is 30.0 Å². The Kier molecular flexibility index (Phi) is 6.94. The van der Waals surface area contributed by atoms with Crippen molar-refractivity contribution in [1.29, 1.82) is 5.26 Å². The summed E-state index contributed by atoms with van der Waals surface area (Å²) in [5, 5.41) is 9.60. The predicted octanol–water partition coefficient (Wildman–Crippen LogP) is 3.31. The number of hydrogen-bond donors (Lipinski definition) is 2. The molecule has 0 spiro atoms. The number of carbonyl (C=O) groups is 1. The molecule has 1 atom stereocenters. The van der Waals surface area contributed by atoms with Crippen molar-refractivity contribution in [3.63, 3.8) is 0 Å². The third kappa shape index (κ3) is 4.40. The fourth-order valence-electron chi connectivity index (χ4n) is 3.61. The molecule has 154 valence electrons. The van der Waals surface area contributed by atoms with Gasteiger partial charge in [0.1, 0.15) is 22.2 Å². The van der Waals surface area contributed by atoms with Crippen LogP contribution in [0.3, 0.4) is 0 Å². The maximum Gasteiger partial charge on any atom is 0.235 e. The van der Waals surface area contributed by atoms with Gasteiger partial charge in [0, 0.05) is 19.1 Å². The quantitative estimate of drug-likeness (QED) is 0.547. The Morgan fingerprint density at radius 2 is 2.07 bits per heavy atom. The number of aromatic nitrogens is 1. The van der Waals surface area contributed by atoms with Crippen LogP contribution in [0.2, 0.25) is 0 Å². The van der Waals surface area contributed by atoms with Crippen LogP contribution in [0.5, 0.6) is 0 Å². The van der Waals surface area contributed by atoms with E-state index in [0.29, 0.717) is 47.2 Å². The average molecular weight is 421 g/mol. The molecule has 1 aromatic heterocycles. The Balaban J connectivity index is 2.11. The third-order valence-electron chi connectivity index (χ3n) is 5.23. The highest BCUT2D eigenvalue weighted by Crippen LogP contribution is 2.42. The molecule has 3 rings (SSSR count). The van der Waals surface area contributed by atoms with Crippen LogP contribution in [0.4, 0.5) is 11.5 Å². The average Bonchev–Trinajstić information content (AvgIpc) is 2.77. The largest absolute Gasteiger partial charge is 0.368 e. The van der Waals surface area contributed by atoms with Crippen LogP contribution in [0.1, 0.15) is 41.7 Å². The van der Waals surface area contributed by atoms with Crippen molar-refractivity contribution in [2.75, 3.05) is 18.0 Å². The van der Waals surface area contributed by atoms with E-state index in [1.807, 2.05) is 37.3 Å². The molecule has 2 heterocycles. The number of anilines is 1. The molecule has 8 heteroatoms. The molecule has 2 aromatic rings. The Morgan fingerprint density at radius 3 is 2.60 bits per heavy atom. The van der Waals surface area contributed by atoms with E-state index in [1.54, 1.807) is 0 Å². The molecule has 1 aliphatic rings. The van der Waals surface area contributed by atoms with E-state index in [-0.39, 0.29) is 6.04 Å². The van der Waals surface area contributed by atoms with Crippen molar-refractivity contribution in [3.05, 3.63) is 58.4 Å². The van der Waals surface area contributed by atoms with Gasteiger partial charge in [0.25, 0.3) is 0 Å². The van der Waals surface area contributed by atoms with E-state index in [4.69, 9.17) is 23.0 Å². The van der Waals surface area contributed by atoms with E-state index in [1.165, 1.54) is 11.8 Å². The van der Waals surface area contributed by atoms with Gasteiger partial charge in [0.05, 0.1) is 12.1 Å². The first-order valence-electron chi connectivity index (χ1n) is 9.86. The van der Waals surface area contributed by atoms with Gasteiger partial charge >= 0.3 is 0 Å². The second-order valence-corrected chi connectivity index (χ2v) is 8.25. The fourth-order valence-corrected chi connectivity index (χ4v) is 4.67. The minimum atomic E-state index is -0.683. The molecule has 7 nitrogen and oxygen atoms in total. The topological polar surface area (TPSA) is 113 Å². The molecule has 1 amide bonds. The number of nitrogens with two attached hydrogens (primary N) is 2. The minimum absolute atomic E-state index is 0.146. The van der Waals surface area contributed by atoms with Crippen molar-refractivity contribution >= 4 is 29.2 Å². The number of carbonyl (C=O) groups excluding carboxylic acids is 1. The summed E-state index contributed by atoms with van der Waals surface area (Å²) in [4.78, 5) is 22.7. The molecule has 1 aromatic carbocycles. The monoisotopic (exact) mass is 420 g/mol. The van der Waals surface area contributed by atoms with Crippen LogP contribution in [0.25, 0.3) is 4.85 Å². The summed E-state index contributed by atoms with van der Waals surface area (Å²) in [6, 6.07) is 11.6. The molecule has 0 bridgehead atoms. The highest BCUT2D eigenvalue weighted by atomic mass is 32.2. The lowest BCUT2D eigenvalue weighted by Crippen LogP contribution is -2.40. The van der Waals surface area contributed by atoms with Gasteiger partial charge in [-0.2, -0.15) is 5.26 Å². The Morgan fingerprint density at radius 1 is 1.40 bits per heavy atom. The van der Waals surface area contributed by atoms with Gasteiger partial charge in [0.15, 0.2) is 0 Å². The van der Waals surface area contributed by atoms with E-state index >= 15 is 0 Å². The Labute approximate surface area is 180 Å². The van der Waals surface area contributed by atoms with E-state index < -0.39 is 11.2 Å². The SMILES string of the molecule is [C-]#[N+]c1c(N2CCC(N)CC2)nc(SC(C(N)=O)c2ccccc2)c(C#N)c1CC. The molecular weight excluding hydrogens is 396 g/mol. The van der Waals surface area contributed by atoms with E-state index in [0.717, 1.165) is 18.4 Å². The zero-order chi connectivity index (χ0) is 21.7. The van der Waals surface area contributed by atoms with Crippen LogP contribution in [0.15, 0.2) is 35.4 Å². The second kappa shape index (κ2) is 9.62. The van der Waals surface area contributed by atoms with Gasteiger partial charge in [-0.25, -0.2) is 9.83 Å². The predicted molar refractivity (Wildman–Crippen MR) is 118 cm³/mol. The molecular formula is C22H24N6OS. The minimum Gasteiger partial charge on any atom is -0.368 e. The van der Waals surface area contributed by atoms with Crippen LogP contribution in [0, 0.1) is 17.9 Å². The lowest BCUT2D eigenvalue weighted by molar-refractivity contribution is -0.117. The zero-order valence-electron chi connectivity index (χ0n) is 16.8. The standard InChI is InChI=1S/C22H24N6OS/c1-3-16-17(13-23)22(30-19(20(25)29)14-7-5-4-6-8-14)27-21(18(16)26-2)28-11-9-15(24)10-12-28/h4-8,15,19H,3,9-12,24H2,1H3,(H2,25,29). The number of amides is 1. The van der Waals surface area contributed by atoms with Crippen LogP contribution >= 0.6 is 11.8 Å². The molecule has 4 N–H and O–H groups in total. The van der Waals surface area contributed by atoms with Gasteiger partial charge in [-0.3, -0.25) is 4.79 Å². The summed E-state index contributed by atoms with van der Waals surface area (Å²) in [6.45, 7) is 11.0. The first-order chi connectivity index (χ1) is 14.5. The molecule has 0 aliphatic carbocycles. The lowest BCUT2D eigenvalue weighted by atomic mass is 10.0. The van der Waals surface area contributed by atoms with Gasteiger partial charge in [-0.1, -0.05) is 49.0 Å². The molecule has 1 unspecified atom stereocenters. The van der Waals surface area contributed by atoms with E-state index in [9.17, 15) is 10.1 Å². The smallest absolute Gasteiger partial charge is 0.235 e. The summed E-state index contributed by atoms with van der Waals surface area (Å²) >= 11 is 1.17. The molecule has 1 fully saturated rings. The number of nitriles is 1. The summed E-state index contributed by atoms with van der Waals surface area (Å²) in [5.41, 5.74) is 13.9. The van der Waals surface area contributed by atoms with Crippen molar-refractivity contribution in [2.45, 2.75) is 42.5 Å². The number of rotatable bonds is 6. The van der Waals surface area contributed by atoms with Crippen molar-refractivity contribution in [2.24, 2.45) is 11.5 Å². The van der Waals surface area contributed by atoms with Gasteiger partial charge in [-0.05, 0) is 30.4 Å². The zero-order valence-corrected chi connectivity index (χ0v) is 17.7. The summed E-state index contributed by atoms with van der Waals surface area (Å²) in [5.74, 6) is 0.0567. The number of hydrogen-bond acceptors (Lipinski definition) is 6. The van der Waals surface area contributed by atoms with Crippen molar-refractivity contribution in [3.8, 4) is 6.07 Å². The van der Waals surface area contributed by atoms with Crippen LogP contribution in [-0.2, 0) is 11.2 Å². The van der Waals surface area contributed by atoms with E-state index in [2.05, 4.69) is 15.8 Å². The van der Waals surface area contributed by atoms with Gasteiger partial charge in [0.2, 0.25) is 11.6 Å². The maximum atomic E-state index is 12.2. The number of primary amides is 1. The fraction of sp³-hybridized carbons (Fsp3) is 0.364. The molecule has 30 heavy (non-hydrogen) atoms. The van der Waals surface area contributed by atoms with Gasteiger partial charge < -0.3 is 16.4 Å². The lowest BCUT2D eigenvalue weighted by Gasteiger charge is -2.33. The normalized spacial score (nSPS) is 15.3. The molecule has 1 aliphatic heterocycles. The Bertz CT molecular complexity index is 1000. The number of thioether (sulfide) groups is 1. The summed E-state index contributed by atoms with van der Waals surface area (Å²) in [6.07, 6.45) is 2.15.